The Hall–Kier alpha value is -5.36. The standard InChI is InChI=1S/C29H26N10O2/c1-36-12-14-37(15-13-36)20-8-6-19(7-9-20)33-29-32-17-22-26(35-29)34-27-21-16-18(25(30)40)5-10-23(21)38(39(27)28(22)41)24-4-2-3-11-31-24/h2-11,16-17H,12-15H2,1H3,(H2,30,40)(H,32,33,35). The maximum atomic E-state index is 13.8. The number of hydrogen-bond acceptors (Lipinski definition) is 9. The van der Waals surface area contributed by atoms with Crippen LogP contribution in [0.25, 0.3) is 33.4 Å². The topological polar surface area (TPSA) is 140 Å². The minimum atomic E-state index is -0.578. The van der Waals surface area contributed by atoms with Gasteiger partial charge in [-0.2, -0.15) is 9.50 Å². The minimum Gasteiger partial charge on any atom is -0.369 e. The molecule has 0 radical (unpaired) electrons. The van der Waals surface area contributed by atoms with Crippen LogP contribution in [0.1, 0.15) is 10.4 Å². The fourth-order valence-electron chi connectivity index (χ4n) is 5.20. The maximum Gasteiger partial charge on any atom is 0.284 e. The molecule has 1 aliphatic rings. The molecule has 0 bridgehead atoms. The fourth-order valence-corrected chi connectivity index (χ4v) is 5.20. The molecule has 0 saturated carbocycles. The van der Waals surface area contributed by atoms with Crippen LogP contribution < -0.4 is 21.5 Å². The highest BCUT2D eigenvalue weighted by Gasteiger charge is 2.20. The number of rotatable bonds is 5. The number of benzene rings is 2. The van der Waals surface area contributed by atoms with Gasteiger partial charge in [-0.25, -0.2) is 19.6 Å². The van der Waals surface area contributed by atoms with Crippen molar-refractivity contribution in [2.45, 2.75) is 0 Å². The van der Waals surface area contributed by atoms with Gasteiger partial charge in [0.1, 0.15) is 5.39 Å². The lowest BCUT2D eigenvalue weighted by atomic mass is 10.1. The van der Waals surface area contributed by atoms with Gasteiger partial charge < -0.3 is 20.9 Å². The highest BCUT2D eigenvalue weighted by Crippen LogP contribution is 2.26. The molecule has 5 heterocycles. The molecule has 0 aliphatic carbocycles. The van der Waals surface area contributed by atoms with Gasteiger partial charge in [-0.3, -0.25) is 9.59 Å². The zero-order valence-electron chi connectivity index (χ0n) is 22.2. The summed E-state index contributed by atoms with van der Waals surface area (Å²) >= 11 is 0. The maximum absolute atomic E-state index is 13.8. The predicted molar refractivity (Wildman–Crippen MR) is 157 cm³/mol. The second-order valence-electron chi connectivity index (χ2n) is 10.0. The number of pyridine rings is 1. The van der Waals surface area contributed by atoms with Crippen LogP contribution in [-0.4, -0.2) is 73.2 Å². The molecule has 7 rings (SSSR count). The van der Waals surface area contributed by atoms with Crippen molar-refractivity contribution in [3.63, 3.8) is 0 Å². The van der Waals surface area contributed by atoms with E-state index < -0.39 is 5.91 Å². The monoisotopic (exact) mass is 546 g/mol. The Labute approximate surface area is 233 Å². The van der Waals surface area contributed by atoms with Gasteiger partial charge in [-0.1, -0.05) is 6.07 Å². The second-order valence-corrected chi connectivity index (χ2v) is 10.0. The molecule has 1 saturated heterocycles. The molecule has 3 N–H and O–H groups in total. The molecule has 2 aromatic carbocycles. The fraction of sp³-hybridized carbons (Fsp3) is 0.172. The molecule has 0 atom stereocenters. The number of piperazine rings is 1. The summed E-state index contributed by atoms with van der Waals surface area (Å²) in [5.41, 5.74) is 8.67. The average Bonchev–Trinajstić information content (AvgIpc) is 3.32. The lowest BCUT2D eigenvalue weighted by molar-refractivity contribution is 0.100. The van der Waals surface area contributed by atoms with Gasteiger partial charge in [-0.15, -0.1) is 0 Å². The molecular weight excluding hydrogens is 520 g/mol. The third-order valence-electron chi connectivity index (χ3n) is 7.41. The predicted octanol–water partition coefficient (Wildman–Crippen LogP) is 2.57. The third kappa shape index (κ3) is 4.30. The van der Waals surface area contributed by atoms with E-state index in [9.17, 15) is 9.59 Å². The SMILES string of the molecule is CN1CCN(c2ccc(Nc3ncc4c(=O)n5c(nc4n3)c3cc(C(N)=O)ccc3n5-c3ccccn3)cc2)CC1. The zero-order chi connectivity index (χ0) is 28.1. The van der Waals surface area contributed by atoms with Crippen LogP contribution in [0.15, 0.2) is 77.9 Å². The molecule has 12 heteroatoms. The van der Waals surface area contributed by atoms with E-state index in [-0.39, 0.29) is 16.6 Å². The summed E-state index contributed by atoms with van der Waals surface area (Å²) in [7, 11) is 2.14. The van der Waals surface area contributed by atoms with Crippen molar-refractivity contribution >= 4 is 50.8 Å². The summed E-state index contributed by atoms with van der Waals surface area (Å²) in [6.07, 6.45) is 3.11. The van der Waals surface area contributed by atoms with E-state index in [1.165, 1.54) is 16.4 Å². The number of anilines is 3. The number of aromatic nitrogens is 6. The summed E-state index contributed by atoms with van der Waals surface area (Å²) in [5.74, 6) is 0.250. The molecule has 0 spiro atoms. The summed E-state index contributed by atoms with van der Waals surface area (Å²) in [4.78, 5) is 48.6. The number of primary amides is 1. The van der Waals surface area contributed by atoms with Crippen LogP contribution in [-0.2, 0) is 0 Å². The van der Waals surface area contributed by atoms with Gasteiger partial charge in [0.25, 0.3) is 5.56 Å². The van der Waals surface area contributed by atoms with E-state index >= 15 is 0 Å². The highest BCUT2D eigenvalue weighted by molar-refractivity contribution is 6.02. The van der Waals surface area contributed by atoms with Gasteiger partial charge in [0.15, 0.2) is 17.1 Å². The van der Waals surface area contributed by atoms with Crippen LogP contribution in [0.3, 0.4) is 0 Å². The molecule has 0 unspecified atom stereocenters. The molecule has 4 aromatic heterocycles. The van der Waals surface area contributed by atoms with Crippen LogP contribution in [0, 0.1) is 0 Å². The number of fused-ring (bicyclic) bond motifs is 4. The van der Waals surface area contributed by atoms with Gasteiger partial charge in [0.05, 0.1) is 5.52 Å². The largest absolute Gasteiger partial charge is 0.369 e. The Bertz CT molecular complexity index is 1990. The number of likely N-dealkylation sites (N-methyl/N-ethyl adjacent to an activating group) is 1. The van der Waals surface area contributed by atoms with E-state index in [0.29, 0.717) is 33.9 Å². The molecular formula is C29H26N10O2. The molecule has 1 amide bonds. The van der Waals surface area contributed by atoms with Crippen molar-refractivity contribution in [1.82, 2.24) is 34.0 Å². The van der Waals surface area contributed by atoms with Gasteiger partial charge in [0.2, 0.25) is 11.9 Å². The van der Waals surface area contributed by atoms with E-state index in [1.54, 1.807) is 41.2 Å². The first kappa shape index (κ1) is 24.7. The quantitative estimate of drug-likeness (QED) is 0.334. The number of carbonyl (C=O) groups is 1. The Morgan fingerprint density at radius 1 is 0.927 bits per heavy atom. The van der Waals surface area contributed by atoms with E-state index in [1.807, 2.05) is 18.2 Å². The van der Waals surface area contributed by atoms with Gasteiger partial charge >= 0.3 is 0 Å². The number of nitrogens with zero attached hydrogens (tertiary/aromatic N) is 8. The van der Waals surface area contributed by atoms with Crippen molar-refractivity contribution in [1.29, 1.82) is 0 Å². The Morgan fingerprint density at radius 3 is 2.46 bits per heavy atom. The normalized spacial score (nSPS) is 14.2. The number of nitrogens with one attached hydrogen (secondary N) is 1. The van der Waals surface area contributed by atoms with E-state index in [2.05, 4.69) is 49.2 Å². The van der Waals surface area contributed by atoms with Gasteiger partial charge in [0, 0.05) is 60.9 Å². The second kappa shape index (κ2) is 9.68. The van der Waals surface area contributed by atoms with E-state index in [4.69, 9.17) is 10.7 Å². The van der Waals surface area contributed by atoms with Crippen LogP contribution in [0.4, 0.5) is 17.3 Å². The molecule has 12 nitrogen and oxygen atoms in total. The van der Waals surface area contributed by atoms with E-state index in [0.717, 1.165) is 31.9 Å². The third-order valence-corrected chi connectivity index (χ3v) is 7.41. The molecule has 1 fully saturated rings. The van der Waals surface area contributed by atoms with Crippen molar-refractivity contribution < 1.29 is 4.79 Å². The lowest BCUT2D eigenvalue weighted by Gasteiger charge is -2.34. The first-order valence-electron chi connectivity index (χ1n) is 13.2. The first-order chi connectivity index (χ1) is 20.0. The van der Waals surface area contributed by atoms with Crippen molar-refractivity contribution in [3.05, 3.63) is 89.0 Å². The van der Waals surface area contributed by atoms with Crippen molar-refractivity contribution in [2.24, 2.45) is 5.73 Å². The lowest BCUT2D eigenvalue weighted by Crippen LogP contribution is -2.44. The molecule has 204 valence electrons. The Balaban J connectivity index is 1.31. The number of hydrogen-bond donors (Lipinski definition) is 2. The van der Waals surface area contributed by atoms with Gasteiger partial charge in [-0.05, 0) is 61.6 Å². The van der Waals surface area contributed by atoms with Crippen LogP contribution in [0.5, 0.6) is 0 Å². The zero-order valence-corrected chi connectivity index (χ0v) is 22.2. The Kier molecular flexibility index (Phi) is 5.82. The first-order valence-corrected chi connectivity index (χ1v) is 13.2. The molecule has 6 aromatic rings. The van der Waals surface area contributed by atoms with Crippen LogP contribution >= 0.6 is 0 Å². The smallest absolute Gasteiger partial charge is 0.284 e. The van der Waals surface area contributed by atoms with Crippen molar-refractivity contribution in [3.8, 4) is 5.82 Å². The summed E-state index contributed by atoms with van der Waals surface area (Å²) < 4.78 is 3.09. The average molecular weight is 547 g/mol. The van der Waals surface area contributed by atoms with Crippen molar-refractivity contribution in [2.75, 3.05) is 43.4 Å². The van der Waals surface area contributed by atoms with Crippen LogP contribution in [0.2, 0.25) is 0 Å². The number of carbonyl (C=O) groups excluding carboxylic acids is 1. The number of nitrogens with two attached hydrogens (primary N) is 1. The summed E-state index contributed by atoms with van der Waals surface area (Å²) in [5, 5.41) is 4.03. The molecule has 41 heavy (non-hydrogen) atoms. The summed E-state index contributed by atoms with van der Waals surface area (Å²) in [6.45, 7) is 4.06. The highest BCUT2D eigenvalue weighted by atomic mass is 16.1. The Morgan fingerprint density at radius 2 is 1.73 bits per heavy atom. The summed E-state index contributed by atoms with van der Waals surface area (Å²) in [6, 6.07) is 18.5. The number of amides is 1. The minimum absolute atomic E-state index is 0.228. The molecule has 1 aliphatic heterocycles.